The number of aryl methyl sites for hydroxylation is 1. The van der Waals surface area contributed by atoms with Gasteiger partial charge in [-0.1, -0.05) is 0 Å². The van der Waals surface area contributed by atoms with Crippen LogP contribution in [0, 0.1) is 6.92 Å². The number of ether oxygens (including phenoxy) is 2. The summed E-state index contributed by atoms with van der Waals surface area (Å²) >= 11 is 0. The number of rotatable bonds is 3. The molecule has 1 fully saturated rings. The summed E-state index contributed by atoms with van der Waals surface area (Å²) in [5, 5.41) is 0. The lowest BCUT2D eigenvalue weighted by molar-refractivity contribution is -0.125. The molecule has 1 amide bonds. The highest BCUT2D eigenvalue weighted by molar-refractivity contribution is 5.97. The van der Waals surface area contributed by atoms with Crippen molar-refractivity contribution >= 4 is 17.6 Å². The van der Waals surface area contributed by atoms with E-state index in [1.807, 2.05) is 6.92 Å². The summed E-state index contributed by atoms with van der Waals surface area (Å²) in [7, 11) is 0. The number of morpholine rings is 1. The Balaban J connectivity index is 2.23. The first-order valence-electron chi connectivity index (χ1n) is 6.29. The molecule has 0 aromatic heterocycles. The normalized spacial score (nSPS) is 15.5. The molecule has 1 aromatic carbocycles. The largest absolute Gasteiger partial charge is 0.462 e. The molecule has 0 aliphatic carbocycles. The molecule has 1 aromatic rings. The summed E-state index contributed by atoms with van der Waals surface area (Å²) in [6.07, 6.45) is 0. The van der Waals surface area contributed by atoms with Crippen molar-refractivity contribution in [1.29, 1.82) is 0 Å². The highest BCUT2D eigenvalue weighted by Crippen LogP contribution is 2.23. The minimum atomic E-state index is -0.342. The minimum Gasteiger partial charge on any atom is -0.462 e. The minimum absolute atomic E-state index is 0.0572. The van der Waals surface area contributed by atoms with Crippen molar-refractivity contribution in [2.45, 2.75) is 13.8 Å². The Hall–Kier alpha value is -1.88. The number of esters is 1. The summed E-state index contributed by atoms with van der Waals surface area (Å²) in [5.41, 5.74) is 2.20. The Morgan fingerprint density at radius 3 is 2.89 bits per heavy atom. The predicted molar refractivity (Wildman–Crippen MR) is 70.3 cm³/mol. The molecule has 1 heterocycles. The molecule has 1 aliphatic heterocycles. The van der Waals surface area contributed by atoms with Gasteiger partial charge in [-0.25, -0.2) is 4.79 Å². The number of benzene rings is 1. The Morgan fingerprint density at radius 2 is 2.26 bits per heavy atom. The monoisotopic (exact) mass is 263 g/mol. The molecule has 0 spiro atoms. The standard InChI is InChI=1S/C14H17NO4/c1-3-19-14(17)11-4-5-12(10(2)8-11)15-6-7-18-9-13(15)16/h4-5,8H,3,6-7,9H2,1-2H3. The van der Waals surface area contributed by atoms with Crippen LogP contribution in [0.4, 0.5) is 5.69 Å². The van der Waals surface area contributed by atoms with E-state index in [9.17, 15) is 9.59 Å². The second-order valence-corrected chi connectivity index (χ2v) is 4.32. The van der Waals surface area contributed by atoms with Crippen LogP contribution in [0.5, 0.6) is 0 Å². The molecule has 0 bridgehead atoms. The van der Waals surface area contributed by atoms with Crippen LogP contribution in [0.3, 0.4) is 0 Å². The van der Waals surface area contributed by atoms with Crippen molar-refractivity contribution in [3.05, 3.63) is 29.3 Å². The topological polar surface area (TPSA) is 55.8 Å². The molecular weight excluding hydrogens is 246 g/mol. The van der Waals surface area contributed by atoms with Gasteiger partial charge < -0.3 is 14.4 Å². The van der Waals surface area contributed by atoms with Gasteiger partial charge in [-0.2, -0.15) is 0 Å². The number of hydrogen-bond acceptors (Lipinski definition) is 4. The Labute approximate surface area is 112 Å². The fourth-order valence-electron chi connectivity index (χ4n) is 2.07. The van der Waals surface area contributed by atoms with Gasteiger partial charge in [0.15, 0.2) is 0 Å². The zero-order chi connectivity index (χ0) is 13.8. The first kappa shape index (κ1) is 13.5. The van der Waals surface area contributed by atoms with Crippen LogP contribution in [0.2, 0.25) is 0 Å². The average molecular weight is 263 g/mol. The summed E-state index contributed by atoms with van der Waals surface area (Å²) in [6.45, 7) is 5.18. The predicted octanol–water partition coefficient (Wildman–Crippen LogP) is 1.53. The molecule has 2 rings (SSSR count). The van der Waals surface area contributed by atoms with Crippen LogP contribution in [-0.2, 0) is 14.3 Å². The van der Waals surface area contributed by atoms with E-state index >= 15 is 0 Å². The second kappa shape index (κ2) is 5.84. The van der Waals surface area contributed by atoms with Crippen LogP contribution in [0.15, 0.2) is 18.2 Å². The van der Waals surface area contributed by atoms with Crippen molar-refractivity contribution in [1.82, 2.24) is 0 Å². The molecule has 0 atom stereocenters. The van der Waals surface area contributed by atoms with Gasteiger partial charge in [-0.3, -0.25) is 4.79 Å². The first-order valence-corrected chi connectivity index (χ1v) is 6.29. The Kier molecular flexibility index (Phi) is 4.16. The van der Waals surface area contributed by atoms with Crippen molar-refractivity contribution in [2.24, 2.45) is 0 Å². The lowest BCUT2D eigenvalue weighted by Crippen LogP contribution is -2.42. The molecule has 1 saturated heterocycles. The van der Waals surface area contributed by atoms with Gasteiger partial charge in [-0.15, -0.1) is 0 Å². The molecule has 0 radical (unpaired) electrons. The van der Waals surface area contributed by atoms with E-state index in [4.69, 9.17) is 9.47 Å². The van der Waals surface area contributed by atoms with Crippen LogP contribution >= 0.6 is 0 Å². The Morgan fingerprint density at radius 1 is 1.47 bits per heavy atom. The van der Waals surface area contributed by atoms with E-state index in [2.05, 4.69) is 0 Å². The van der Waals surface area contributed by atoms with E-state index in [1.165, 1.54) is 0 Å². The van der Waals surface area contributed by atoms with Crippen molar-refractivity contribution in [3.63, 3.8) is 0 Å². The second-order valence-electron chi connectivity index (χ2n) is 4.32. The van der Waals surface area contributed by atoms with Gasteiger partial charge in [0.2, 0.25) is 0 Å². The molecule has 5 heteroatoms. The maximum atomic E-state index is 11.8. The fraction of sp³-hybridized carbons (Fsp3) is 0.429. The van der Waals surface area contributed by atoms with Crippen molar-refractivity contribution in [2.75, 3.05) is 31.3 Å². The molecule has 0 unspecified atom stereocenters. The SMILES string of the molecule is CCOC(=O)c1ccc(N2CCOCC2=O)c(C)c1. The average Bonchev–Trinajstić information content (AvgIpc) is 2.40. The first-order chi connectivity index (χ1) is 9.13. The molecule has 1 aliphatic rings. The third-order valence-electron chi connectivity index (χ3n) is 2.98. The van der Waals surface area contributed by atoms with Crippen LogP contribution in [0.1, 0.15) is 22.8 Å². The summed E-state index contributed by atoms with van der Waals surface area (Å²) in [6, 6.07) is 5.21. The molecule has 19 heavy (non-hydrogen) atoms. The fourth-order valence-corrected chi connectivity index (χ4v) is 2.07. The number of anilines is 1. The molecule has 102 valence electrons. The van der Waals surface area contributed by atoms with Gasteiger partial charge in [0.1, 0.15) is 6.61 Å². The summed E-state index contributed by atoms with van der Waals surface area (Å²) in [4.78, 5) is 25.1. The molecular formula is C14H17NO4. The zero-order valence-corrected chi connectivity index (χ0v) is 11.1. The zero-order valence-electron chi connectivity index (χ0n) is 11.1. The quantitative estimate of drug-likeness (QED) is 0.776. The molecule has 5 nitrogen and oxygen atoms in total. The lowest BCUT2D eigenvalue weighted by atomic mass is 10.1. The van der Waals surface area contributed by atoms with Gasteiger partial charge in [0.25, 0.3) is 5.91 Å². The van der Waals surface area contributed by atoms with Gasteiger partial charge in [0.05, 0.1) is 18.8 Å². The van der Waals surface area contributed by atoms with Crippen molar-refractivity contribution < 1.29 is 19.1 Å². The highest BCUT2D eigenvalue weighted by atomic mass is 16.5. The number of hydrogen-bond donors (Lipinski definition) is 0. The van der Waals surface area contributed by atoms with Crippen LogP contribution in [0.25, 0.3) is 0 Å². The third kappa shape index (κ3) is 2.93. The summed E-state index contributed by atoms with van der Waals surface area (Å²) in [5.74, 6) is -0.399. The maximum Gasteiger partial charge on any atom is 0.338 e. The van der Waals surface area contributed by atoms with E-state index in [1.54, 1.807) is 30.0 Å². The number of carbonyl (C=O) groups excluding carboxylic acids is 2. The smallest absolute Gasteiger partial charge is 0.338 e. The third-order valence-corrected chi connectivity index (χ3v) is 2.98. The van der Waals surface area contributed by atoms with E-state index in [0.717, 1.165) is 11.3 Å². The van der Waals surface area contributed by atoms with Crippen LogP contribution < -0.4 is 4.90 Å². The number of amides is 1. The van der Waals surface area contributed by atoms with Crippen LogP contribution in [-0.4, -0.2) is 38.2 Å². The molecule has 0 saturated carbocycles. The highest BCUT2D eigenvalue weighted by Gasteiger charge is 2.22. The number of nitrogens with zero attached hydrogens (tertiary/aromatic N) is 1. The van der Waals surface area contributed by atoms with Gasteiger partial charge in [0, 0.05) is 12.2 Å². The Bertz CT molecular complexity index is 498. The van der Waals surface area contributed by atoms with Gasteiger partial charge in [-0.05, 0) is 37.6 Å². The molecule has 0 N–H and O–H groups in total. The van der Waals surface area contributed by atoms with Crippen molar-refractivity contribution in [3.8, 4) is 0 Å². The van der Waals surface area contributed by atoms with Gasteiger partial charge >= 0.3 is 5.97 Å². The van der Waals surface area contributed by atoms with E-state index < -0.39 is 0 Å². The number of carbonyl (C=O) groups is 2. The lowest BCUT2D eigenvalue weighted by Gasteiger charge is -2.28. The van der Waals surface area contributed by atoms with E-state index in [0.29, 0.717) is 25.3 Å². The summed E-state index contributed by atoms with van der Waals surface area (Å²) < 4.78 is 10.1. The van der Waals surface area contributed by atoms with E-state index in [-0.39, 0.29) is 18.5 Å². The maximum absolute atomic E-state index is 11.8.